The van der Waals surface area contributed by atoms with Crippen LogP contribution in [0.15, 0.2) is 122 Å². The third-order valence-corrected chi connectivity index (χ3v) is 14.1. The quantitative estimate of drug-likeness (QED) is 0.0195. The van der Waals surface area contributed by atoms with Crippen molar-refractivity contribution in [2.45, 2.75) is 288 Å². The van der Waals surface area contributed by atoms with Gasteiger partial charge in [0.25, 0.3) is 0 Å². The molecule has 1 amide bonds. The van der Waals surface area contributed by atoms with Crippen LogP contribution in [0.4, 0.5) is 0 Å². The van der Waals surface area contributed by atoms with Crippen LogP contribution in [0.1, 0.15) is 239 Å². The van der Waals surface area contributed by atoms with Crippen LogP contribution in [0.25, 0.3) is 0 Å². The van der Waals surface area contributed by atoms with Gasteiger partial charge in [-0.1, -0.05) is 245 Å². The third-order valence-electron chi connectivity index (χ3n) is 14.1. The molecule has 0 saturated carbocycles. The molecule has 0 aliphatic carbocycles. The average molecular weight is 1120 g/mol. The van der Waals surface area contributed by atoms with Crippen LogP contribution in [-0.4, -0.2) is 99.6 Å². The Kier molecular flexibility index (Phi) is 51.5. The lowest BCUT2D eigenvalue weighted by Gasteiger charge is -2.41. The van der Waals surface area contributed by atoms with E-state index in [1.807, 2.05) is 18.2 Å². The first kappa shape index (κ1) is 74.1. The first-order valence-electron chi connectivity index (χ1n) is 31.8. The lowest BCUT2D eigenvalue weighted by Crippen LogP contribution is -2.61. The summed E-state index contributed by atoms with van der Waals surface area (Å²) >= 11 is 0. The van der Waals surface area contributed by atoms with Gasteiger partial charge in [-0.25, -0.2) is 0 Å². The van der Waals surface area contributed by atoms with E-state index >= 15 is 0 Å². The summed E-state index contributed by atoms with van der Waals surface area (Å²) in [6.07, 6.45) is 66.6. The Labute approximate surface area is 487 Å². The molecule has 456 valence electrons. The largest absolute Gasteiger partial charge is 0.454 e. The highest BCUT2D eigenvalue weighted by molar-refractivity contribution is 5.80. The maximum Gasteiger partial charge on any atom is 0.306 e. The summed E-state index contributed by atoms with van der Waals surface area (Å²) in [7, 11) is 0. The number of hydrogen-bond donors (Lipinski definition) is 6. The Morgan fingerprint density at radius 2 is 0.900 bits per heavy atom. The normalized spacial score (nSPS) is 19.6. The van der Waals surface area contributed by atoms with Crippen molar-refractivity contribution in [1.82, 2.24) is 5.32 Å². The van der Waals surface area contributed by atoms with E-state index in [4.69, 9.17) is 14.2 Å². The number of carbonyl (C=O) groups is 2. The van der Waals surface area contributed by atoms with E-state index in [1.165, 1.54) is 70.6 Å². The number of aliphatic hydroxyl groups is 5. The van der Waals surface area contributed by atoms with Gasteiger partial charge in [0.1, 0.15) is 24.4 Å². The van der Waals surface area contributed by atoms with E-state index in [0.29, 0.717) is 19.3 Å². The van der Waals surface area contributed by atoms with E-state index < -0.39 is 67.4 Å². The summed E-state index contributed by atoms with van der Waals surface area (Å²) in [6.45, 7) is 5.60. The fraction of sp³-hybridized carbons (Fsp3) is 0.681. The predicted molar refractivity (Wildman–Crippen MR) is 333 cm³/mol. The van der Waals surface area contributed by atoms with Crippen molar-refractivity contribution >= 4 is 11.9 Å². The summed E-state index contributed by atoms with van der Waals surface area (Å²) in [5, 5.41) is 57.0. The van der Waals surface area contributed by atoms with Crippen LogP contribution in [0, 0.1) is 0 Å². The Balaban J connectivity index is 2.71. The maximum atomic E-state index is 13.4. The first-order valence-corrected chi connectivity index (χ1v) is 31.8. The zero-order chi connectivity index (χ0) is 58.2. The number of aliphatic hydroxyl groups excluding tert-OH is 5. The van der Waals surface area contributed by atoms with Gasteiger partial charge >= 0.3 is 5.97 Å². The Morgan fingerprint density at radius 1 is 0.500 bits per heavy atom. The number of carbonyl (C=O) groups excluding carboxylic acids is 2. The molecule has 11 nitrogen and oxygen atoms in total. The van der Waals surface area contributed by atoms with Crippen molar-refractivity contribution in [2.24, 2.45) is 0 Å². The van der Waals surface area contributed by atoms with Gasteiger partial charge in [-0.05, 0) is 109 Å². The van der Waals surface area contributed by atoms with Gasteiger partial charge in [-0.15, -0.1) is 0 Å². The number of hydrogen-bond acceptors (Lipinski definition) is 10. The summed E-state index contributed by atoms with van der Waals surface area (Å²) in [4.78, 5) is 26.5. The zero-order valence-corrected chi connectivity index (χ0v) is 50.4. The van der Waals surface area contributed by atoms with E-state index in [2.05, 4.69) is 123 Å². The fourth-order valence-corrected chi connectivity index (χ4v) is 9.08. The lowest BCUT2D eigenvalue weighted by atomic mass is 9.99. The molecule has 1 aliphatic heterocycles. The number of unbranched alkanes of at least 4 members (excludes halogenated alkanes) is 20. The summed E-state index contributed by atoms with van der Waals surface area (Å²) in [5.74, 6) is -1.28. The van der Waals surface area contributed by atoms with Crippen molar-refractivity contribution in [3.63, 3.8) is 0 Å². The SMILES string of the molecule is CC/C=C\C/C=C\C/C=C\C/C=C\C/C=C\CCCC(=O)OC1C(OCC(NC(=O)C(O)CCCCCCCC/C=C\C/C=C\C/C=C\C/C=C\CCCCC)C(O)/C=C/CCCCCCCCCCCC)OC(CO)C(O)C1O. The van der Waals surface area contributed by atoms with Crippen molar-refractivity contribution < 1.29 is 49.3 Å². The molecule has 1 aliphatic rings. The number of amides is 1. The minimum Gasteiger partial charge on any atom is -0.454 e. The first-order chi connectivity index (χ1) is 39.2. The van der Waals surface area contributed by atoms with E-state index in [-0.39, 0.29) is 19.4 Å². The molecule has 0 radical (unpaired) electrons. The summed E-state index contributed by atoms with van der Waals surface area (Å²) < 4.78 is 17.6. The Morgan fingerprint density at radius 3 is 1.38 bits per heavy atom. The molecule has 0 aromatic rings. The van der Waals surface area contributed by atoms with E-state index in [0.717, 1.165) is 116 Å². The second kappa shape index (κ2) is 55.6. The Bertz CT molecular complexity index is 1760. The lowest BCUT2D eigenvalue weighted by molar-refractivity contribution is -0.305. The van der Waals surface area contributed by atoms with Crippen LogP contribution in [0.3, 0.4) is 0 Å². The molecule has 80 heavy (non-hydrogen) atoms. The second-order valence-electron chi connectivity index (χ2n) is 21.4. The topological polar surface area (TPSA) is 175 Å². The molecule has 1 saturated heterocycles. The zero-order valence-electron chi connectivity index (χ0n) is 50.4. The molecule has 1 rings (SSSR count). The average Bonchev–Trinajstić information content (AvgIpc) is 3.45. The number of nitrogens with one attached hydrogen (secondary N) is 1. The van der Waals surface area contributed by atoms with Gasteiger partial charge in [0.05, 0.1) is 25.4 Å². The molecule has 8 unspecified atom stereocenters. The van der Waals surface area contributed by atoms with Crippen molar-refractivity contribution in [1.29, 1.82) is 0 Å². The molecule has 1 fully saturated rings. The van der Waals surface area contributed by atoms with Gasteiger partial charge < -0.3 is 45.1 Å². The highest BCUT2D eigenvalue weighted by atomic mass is 16.7. The second-order valence-corrected chi connectivity index (χ2v) is 21.4. The molecular formula is C69H115NO10. The van der Waals surface area contributed by atoms with Crippen molar-refractivity contribution in [3.05, 3.63) is 122 Å². The van der Waals surface area contributed by atoms with Crippen molar-refractivity contribution in [3.8, 4) is 0 Å². The van der Waals surface area contributed by atoms with Crippen LogP contribution >= 0.6 is 0 Å². The van der Waals surface area contributed by atoms with E-state index in [9.17, 15) is 35.1 Å². The molecule has 0 spiro atoms. The van der Waals surface area contributed by atoms with Gasteiger partial charge in [0.15, 0.2) is 12.4 Å². The van der Waals surface area contributed by atoms with Crippen molar-refractivity contribution in [2.75, 3.05) is 13.2 Å². The molecule has 6 N–H and O–H groups in total. The van der Waals surface area contributed by atoms with Gasteiger partial charge in [-0.3, -0.25) is 9.59 Å². The molecule has 0 bridgehead atoms. The molecule has 8 atom stereocenters. The highest BCUT2D eigenvalue weighted by Crippen LogP contribution is 2.26. The number of allylic oxidation sites excluding steroid dienone is 19. The molecule has 0 aromatic heterocycles. The van der Waals surface area contributed by atoms with Crippen LogP contribution in [0.5, 0.6) is 0 Å². The fourth-order valence-electron chi connectivity index (χ4n) is 9.08. The van der Waals surface area contributed by atoms with Gasteiger partial charge in [-0.2, -0.15) is 0 Å². The third kappa shape index (κ3) is 42.8. The van der Waals surface area contributed by atoms with E-state index in [1.54, 1.807) is 6.08 Å². The van der Waals surface area contributed by atoms with Gasteiger partial charge in [0, 0.05) is 6.42 Å². The number of esters is 1. The minimum absolute atomic E-state index is 0.0374. The number of ether oxygens (including phenoxy) is 3. The molecular weight excluding hydrogens is 1000 g/mol. The Hall–Kier alpha value is -3.94. The van der Waals surface area contributed by atoms with Crippen LogP contribution in [0.2, 0.25) is 0 Å². The summed E-state index contributed by atoms with van der Waals surface area (Å²) in [5.41, 5.74) is 0. The highest BCUT2D eigenvalue weighted by Gasteiger charge is 2.47. The maximum absolute atomic E-state index is 13.4. The summed E-state index contributed by atoms with van der Waals surface area (Å²) in [6, 6.07) is -1.05. The van der Waals surface area contributed by atoms with Crippen LogP contribution < -0.4 is 5.32 Å². The predicted octanol–water partition coefficient (Wildman–Crippen LogP) is 15.4. The standard InChI is InChI=1S/C69H115NO10/c1-4-7-10-13-16-19-22-25-27-29-30-31-32-33-35-36-38-41-44-47-50-53-56-62(73)68(77)70-60(61(72)55-52-49-46-43-40-24-21-18-15-12-9-6-3)59-78-69-67(66(76)65(75)63(58-71)79-69)80-64(74)57-54-51-48-45-42-39-37-34-28-26-23-20-17-14-11-8-5-2/h8,11,16-17,19-20,25-28,30-31,33,35,37,39,45,48,52,55,60-63,65-67,69,71-73,75-76H,4-7,9-10,12-15,18,21-24,29,32,34,36,38,40-44,46-47,49-51,53-54,56-59H2,1-3H3,(H,70,77)/b11-8-,19-16-,20-17-,27-25-,28-26-,31-30-,35-33-,39-37-,48-45-,55-52+. The smallest absolute Gasteiger partial charge is 0.306 e. The molecule has 11 heteroatoms. The minimum atomic E-state index is -1.65. The van der Waals surface area contributed by atoms with Crippen LogP contribution in [-0.2, 0) is 23.8 Å². The monoisotopic (exact) mass is 1120 g/mol. The molecule has 1 heterocycles. The number of rotatable bonds is 52. The molecule has 0 aromatic carbocycles. The van der Waals surface area contributed by atoms with Gasteiger partial charge in [0.2, 0.25) is 5.91 Å².